The van der Waals surface area contributed by atoms with Gasteiger partial charge >= 0.3 is 0 Å². The maximum Gasteiger partial charge on any atom is 0.172 e. The van der Waals surface area contributed by atoms with Gasteiger partial charge in [0.1, 0.15) is 0 Å². The van der Waals surface area contributed by atoms with Crippen LogP contribution in [0.15, 0.2) is 30.5 Å². The average molecular weight is 341 g/mol. The van der Waals surface area contributed by atoms with Crippen LogP contribution in [0.4, 0.5) is 5.82 Å². The maximum absolute atomic E-state index is 6.16. The van der Waals surface area contributed by atoms with Gasteiger partial charge in [-0.2, -0.15) is 5.10 Å². The van der Waals surface area contributed by atoms with E-state index < -0.39 is 0 Å². The first-order valence-electron chi connectivity index (χ1n) is 6.65. The van der Waals surface area contributed by atoms with Gasteiger partial charge in [-0.1, -0.05) is 29.3 Å². The molecule has 1 fully saturated rings. The van der Waals surface area contributed by atoms with E-state index in [1.807, 2.05) is 24.4 Å². The van der Waals surface area contributed by atoms with Crippen molar-refractivity contribution in [3.8, 4) is 0 Å². The first kappa shape index (κ1) is 14.6. The molecule has 1 aliphatic rings. The Balaban J connectivity index is 1.62. The Morgan fingerprint density at radius 3 is 2.86 bits per heavy atom. The third-order valence-electron chi connectivity index (χ3n) is 3.14. The predicted molar refractivity (Wildman–Crippen MR) is 90.2 cm³/mol. The molecule has 1 aromatic heterocycles. The molecule has 0 radical (unpaired) electrons. The van der Waals surface area contributed by atoms with E-state index >= 15 is 0 Å². The van der Waals surface area contributed by atoms with Gasteiger partial charge in [0.05, 0.1) is 6.54 Å². The molecule has 0 atom stereocenters. The van der Waals surface area contributed by atoms with Crippen LogP contribution in [0.5, 0.6) is 0 Å². The van der Waals surface area contributed by atoms with E-state index in [1.165, 1.54) is 12.8 Å². The van der Waals surface area contributed by atoms with Crippen molar-refractivity contribution in [3.63, 3.8) is 0 Å². The summed E-state index contributed by atoms with van der Waals surface area (Å²) in [5.41, 5.74) is 0.967. The van der Waals surface area contributed by atoms with Gasteiger partial charge in [-0.15, -0.1) is 0 Å². The minimum absolute atomic E-state index is 0.528. The Morgan fingerprint density at radius 2 is 2.14 bits per heavy atom. The zero-order valence-electron chi connectivity index (χ0n) is 11.1. The van der Waals surface area contributed by atoms with E-state index in [0.717, 1.165) is 11.4 Å². The standard InChI is InChI=1S/C14H14Cl2N4S/c15-10-2-1-9(12(16)7-10)8-20-6-5-13(19-20)18-14(21)17-11-3-4-11/h1-2,5-7,11H,3-4,8H2,(H2,17,18,19,21). The predicted octanol–water partition coefficient (Wildman–Crippen LogP) is 3.69. The molecule has 110 valence electrons. The van der Waals surface area contributed by atoms with Crippen LogP contribution < -0.4 is 10.6 Å². The summed E-state index contributed by atoms with van der Waals surface area (Å²) in [7, 11) is 0. The average Bonchev–Trinajstić information content (AvgIpc) is 3.12. The third-order valence-corrected chi connectivity index (χ3v) is 3.95. The Bertz CT molecular complexity index is 667. The van der Waals surface area contributed by atoms with Gasteiger partial charge in [-0.25, -0.2) is 0 Å². The number of nitrogens with zero attached hydrogens (tertiary/aromatic N) is 2. The number of halogens is 2. The number of anilines is 1. The van der Waals surface area contributed by atoms with Crippen LogP contribution >= 0.6 is 35.4 Å². The number of benzene rings is 1. The fourth-order valence-electron chi connectivity index (χ4n) is 1.91. The highest BCUT2D eigenvalue weighted by molar-refractivity contribution is 7.80. The van der Waals surface area contributed by atoms with Gasteiger partial charge in [0.25, 0.3) is 0 Å². The van der Waals surface area contributed by atoms with Crippen molar-refractivity contribution < 1.29 is 0 Å². The molecule has 4 nitrogen and oxygen atoms in total. The molecule has 7 heteroatoms. The van der Waals surface area contributed by atoms with E-state index in [0.29, 0.717) is 27.7 Å². The van der Waals surface area contributed by atoms with Gasteiger partial charge in [-0.3, -0.25) is 4.68 Å². The lowest BCUT2D eigenvalue weighted by atomic mass is 10.2. The van der Waals surface area contributed by atoms with E-state index in [-0.39, 0.29) is 0 Å². The van der Waals surface area contributed by atoms with Crippen molar-refractivity contribution in [2.45, 2.75) is 25.4 Å². The van der Waals surface area contributed by atoms with E-state index in [1.54, 1.807) is 10.7 Å². The third kappa shape index (κ3) is 4.09. The zero-order chi connectivity index (χ0) is 14.8. The minimum Gasteiger partial charge on any atom is -0.360 e. The van der Waals surface area contributed by atoms with Gasteiger partial charge in [0.15, 0.2) is 10.9 Å². The molecule has 3 rings (SSSR count). The highest BCUT2D eigenvalue weighted by atomic mass is 35.5. The summed E-state index contributed by atoms with van der Waals surface area (Å²) in [4.78, 5) is 0. The van der Waals surface area contributed by atoms with Crippen LogP contribution in [0.2, 0.25) is 10.0 Å². The second-order valence-corrected chi connectivity index (χ2v) is 6.26. The summed E-state index contributed by atoms with van der Waals surface area (Å²) < 4.78 is 1.80. The molecular formula is C14H14Cl2N4S. The summed E-state index contributed by atoms with van der Waals surface area (Å²) in [6, 6.07) is 7.86. The molecule has 21 heavy (non-hydrogen) atoms. The second kappa shape index (κ2) is 6.22. The lowest BCUT2D eigenvalue weighted by molar-refractivity contribution is 0.690. The molecule has 1 aliphatic carbocycles. The van der Waals surface area contributed by atoms with Crippen LogP contribution in [0.1, 0.15) is 18.4 Å². The van der Waals surface area contributed by atoms with Gasteiger partial charge in [0.2, 0.25) is 0 Å². The fourth-order valence-corrected chi connectivity index (χ4v) is 2.65. The van der Waals surface area contributed by atoms with Crippen molar-refractivity contribution >= 4 is 46.4 Å². The summed E-state index contributed by atoms with van der Waals surface area (Å²) in [5.74, 6) is 0.721. The maximum atomic E-state index is 6.16. The molecule has 1 heterocycles. The van der Waals surface area contributed by atoms with Crippen LogP contribution in [0, 0.1) is 0 Å². The van der Waals surface area contributed by atoms with Crippen LogP contribution in [0.3, 0.4) is 0 Å². The van der Waals surface area contributed by atoms with Gasteiger partial charge in [-0.05, 0) is 42.8 Å². The molecule has 2 N–H and O–H groups in total. The normalized spacial score (nSPS) is 14.0. The molecule has 0 bridgehead atoms. The smallest absolute Gasteiger partial charge is 0.172 e. The van der Waals surface area contributed by atoms with Gasteiger partial charge in [0, 0.05) is 28.4 Å². The number of rotatable bonds is 4. The summed E-state index contributed by atoms with van der Waals surface area (Å²) in [5, 5.41) is 12.6. The second-order valence-electron chi connectivity index (χ2n) is 5.01. The Morgan fingerprint density at radius 1 is 1.33 bits per heavy atom. The van der Waals surface area contributed by atoms with Crippen molar-refractivity contribution in [3.05, 3.63) is 46.1 Å². The van der Waals surface area contributed by atoms with Crippen LogP contribution in [-0.2, 0) is 6.54 Å². The molecule has 0 spiro atoms. The number of hydrogen-bond donors (Lipinski definition) is 2. The number of nitrogens with one attached hydrogen (secondary N) is 2. The first-order valence-corrected chi connectivity index (χ1v) is 7.81. The summed E-state index contributed by atoms with van der Waals surface area (Å²) in [6.07, 6.45) is 4.25. The van der Waals surface area contributed by atoms with E-state index in [4.69, 9.17) is 35.4 Å². The SMILES string of the molecule is S=C(Nc1ccn(Cc2ccc(Cl)cc2Cl)n1)NC1CC1. The van der Waals surface area contributed by atoms with Crippen LogP contribution in [0.25, 0.3) is 0 Å². The van der Waals surface area contributed by atoms with Crippen LogP contribution in [-0.4, -0.2) is 20.9 Å². The quantitative estimate of drug-likeness (QED) is 0.833. The molecule has 1 aromatic carbocycles. The number of aromatic nitrogens is 2. The minimum atomic E-state index is 0.528. The fraction of sp³-hybridized carbons (Fsp3) is 0.286. The highest BCUT2D eigenvalue weighted by Crippen LogP contribution is 2.22. The number of thiocarbonyl (C=S) groups is 1. The first-order chi connectivity index (χ1) is 10.1. The highest BCUT2D eigenvalue weighted by Gasteiger charge is 2.21. The molecule has 0 unspecified atom stereocenters. The molecule has 0 amide bonds. The van der Waals surface area contributed by atoms with E-state index in [2.05, 4.69) is 15.7 Å². The monoisotopic (exact) mass is 340 g/mol. The Kier molecular flexibility index (Phi) is 4.33. The molecule has 2 aromatic rings. The van der Waals surface area contributed by atoms with Crippen molar-refractivity contribution in [2.24, 2.45) is 0 Å². The largest absolute Gasteiger partial charge is 0.360 e. The topological polar surface area (TPSA) is 41.9 Å². The zero-order valence-corrected chi connectivity index (χ0v) is 13.5. The van der Waals surface area contributed by atoms with E-state index in [9.17, 15) is 0 Å². The lowest BCUT2D eigenvalue weighted by Gasteiger charge is -2.07. The molecule has 1 saturated carbocycles. The lowest BCUT2D eigenvalue weighted by Crippen LogP contribution is -2.30. The Hall–Kier alpha value is -1.30. The van der Waals surface area contributed by atoms with Crippen molar-refractivity contribution in [1.29, 1.82) is 0 Å². The van der Waals surface area contributed by atoms with Crippen molar-refractivity contribution in [1.82, 2.24) is 15.1 Å². The molecule has 0 aliphatic heterocycles. The molecular weight excluding hydrogens is 327 g/mol. The van der Waals surface area contributed by atoms with Crippen molar-refractivity contribution in [2.75, 3.05) is 5.32 Å². The Labute approximate surface area is 138 Å². The van der Waals surface area contributed by atoms with Gasteiger partial charge < -0.3 is 10.6 Å². The molecule has 0 saturated heterocycles. The summed E-state index contributed by atoms with van der Waals surface area (Å²) >= 11 is 17.3. The summed E-state index contributed by atoms with van der Waals surface area (Å²) in [6.45, 7) is 0.584. The number of hydrogen-bond acceptors (Lipinski definition) is 2.